The SMILES string of the molecule is CC1CS(=O)(=O)CCN1CC1(CO)CCCC1. The average molecular weight is 261 g/mol. The minimum atomic E-state index is -2.83. The third-order valence-electron chi connectivity index (χ3n) is 4.35. The topological polar surface area (TPSA) is 57.6 Å². The Bertz CT molecular complexity index is 360. The summed E-state index contributed by atoms with van der Waals surface area (Å²) in [7, 11) is -2.83. The minimum absolute atomic E-state index is 0.0371. The number of aliphatic hydroxyl groups excluding tert-OH is 1. The molecule has 1 saturated carbocycles. The van der Waals surface area contributed by atoms with Crippen molar-refractivity contribution in [2.45, 2.75) is 38.6 Å². The number of hydrogen-bond acceptors (Lipinski definition) is 4. The Morgan fingerprint density at radius 2 is 2.00 bits per heavy atom. The molecule has 0 radical (unpaired) electrons. The van der Waals surface area contributed by atoms with Gasteiger partial charge >= 0.3 is 0 Å². The lowest BCUT2D eigenvalue weighted by molar-refractivity contribution is 0.0662. The molecule has 0 amide bonds. The summed E-state index contributed by atoms with van der Waals surface area (Å²) in [5, 5.41) is 9.59. The average Bonchev–Trinajstić information content (AvgIpc) is 2.71. The van der Waals surface area contributed by atoms with Crippen molar-refractivity contribution in [1.29, 1.82) is 0 Å². The minimum Gasteiger partial charge on any atom is -0.396 e. The summed E-state index contributed by atoms with van der Waals surface area (Å²) in [6, 6.07) is 0.0952. The van der Waals surface area contributed by atoms with Gasteiger partial charge in [0.15, 0.2) is 9.84 Å². The molecule has 1 atom stereocenters. The van der Waals surface area contributed by atoms with Gasteiger partial charge in [-0.2, -0.15) is 0 Å². The lowest BCUT2D eigenvalue weighted by Gasteiger charge is -2.39. The van der Waals surface area contributed by atoms with Crippen molar-refractivity contribution in [2.24, 2.45) is 5.41 Å². The second-order valence-electron chi connectivity index (χ2n) is 5.80. The van der Waals surface area contributed by atoms with Gasteiger partial charge in [-0.05, 0) is 19.8 Å². The summed E-state index contributed by atoms with van der Waals surface area (Å²) in [5.41, 5.74) is 0.0371. The molecule has 0 bridgehead atoms. The maximum absolute atomic E-state index is 11.5. The molecule has 0 aromatic rings. The van der Waals surface area contributed by atoms with Gasteiger partial charge in [0.25, 0.3) is 0 Å². The molecule has 2 rings (SSSR count). The summed E-state index contributed by atoms with van der Waals surface area (Å²) in [6.45, 7) is 3.71. The molecule has 5 heteroatoms. The highest BCUT2D eigenvalue weighted by Gasteiger charge is 2.38. The zero-order valence-corrected chi connectivity index (χ0v) is 11.4. The highest BCUT2D eigenvalue weighted by molar-refractivity contribution is 7.91. The van der Waals surface area contributed by atoms with E-state index in [0.717, 1.165) is 19.4 Å². The first-order valence-corrected chi connectivity index (χ1v) is 8.34. The quantitative estimate of drug-likeness (QED) is 0.811. The van der Waals surface area contributed by atoms with Crippen molar-refractivity contribution >= 4 is 9.84 Å². The van der Waals surface area contributed by atoms with Crippen molar-refractivity contribution in [3.63, 3.8) is 0 Å². The van der Waals surface area contributed by atoms with E-state index < -0.39 is 9.84 Å². The second-order valence-corrected chi connectivity index (χ2v) is 8.03. The van der Waals surface area contributed by atoms with Gasteiger partial charge in [-0.1, -0.05) is 12.8 Å². The first-order valence-electron chi connectivity index (χ1n) is 6.52. The third-order valence-corrected chi connectivity index (χ3v) is 6.14. The van der Waals surface area contributed by atoms with Gasteiger partial charge in [0.05, 0.1) is 11.5 Å². The van der Waals surface area contributed by atoms with Gasteiger partial charge in [0.2, 0.25) is 0 Å². The lowest BCUT2D eigenvalue weighted by atomic mass is 9.86. The molecular formula is C12H23NO3S. The fourth-order valence-corrected chi connectivity index (χ4v) is 4.82. The van der Waals surface area contributed by atoms with Gasteiger partial charge in [-0.25, -0.2) is 8.42 Å². The highest BCUT2D eigenvalue weighted by atomic mass is 32.2. The molecular weight excluding hydrogens is 238 g/mol. The molecule has 1 unspecified atom stereocenters. The summed E-state index contributed by atoms with van der Waals surface area (Å²) >= 11 is 0. The molecule has 1 saturated heterocycles. The summed E-state index contributed by atoms with van der Waals surface area (Å²) in [4.78, 5) is 2.25. The van der Waals surface area contributed by atoms with E-state index in [1.165, 1.54) is 12.8 Å². The molecule has 0 spiro atoms. The van der Waals surface area contributed by atoms with Crippen LogP contribution in [0.15, 0.2) is 0 Å². The summed E-state index contributed by atoms with van der Waals surface area (Å²) in [6.07, 6.45) is 4.56. The molecule has 1 aliphatic carbocycles. The van der Waals surface area contributed by atoms with Crippen LogP contribution in [0.1, 0.15) is 32.6 Å². The molecule has 1 aliphatic heterocycles. The number of nitrogens with zero attached hydrogens (tertiary/aromatic N) is 1. The molecule has 0 aromatic carbocycles. The maximum Gasteiger partial charge on any atom is 0.153 e. The van der Waals surface area contributed by atoms with E-state index in [-0.39, 0.29) is 29.6 Å². The van der Waals surface area contributed by atoms with E-state index in [9.17, 15) is 13.5 Å². The van der Waals surface area contributed by atoms with E-state index >= 15 is 0 Å². The van der Waals surface area contributed by atoms with Crippen LogP contribution >= 0.6 is 0 Å². The lowest BCUT2D eigenvalue weighted by Crippen LogP contribution is -2.51. The summed E-state index contributed by atoms with van der Waals surface area (Å²) in [5.74, 6) is 0.549. The van der Waals surface area contributed by atoms with Crippen LogP contribution in [-0.2, 0) is 9.84 Å². The standard InChI is InChI=1S/C12H23NO3S/c1-11-8-17(15,16)7-6-13(11)9-12(10-14)4-2-3-5-12/h11,14H,2-10H2,1H3. The Morgan fingerprint density at radius 3 is 2.53 bits per heavy atom. The van der Waals surface area contributed by atoms with Crippen LogP contribution in [0.25, 0.3) is 0 Å². The number of aliphatic hydroxyl groups is 1. The third kappa shape index (κ3) is 3.01. The smallest absolute Gasteiger partial charge is 0.153 e. The Morgan fingerprint density at radius 1 is 1.35 bits per heavy atom. The van der Waals surface area contributed by atoms with E-state index in [2.05, 4.69) is 4.90 Å². The van der Waals surface area contributed by atoms with Crippen molar-refractivity contribution in [1.82, 2.24) is 4.90 Å². The van der Waals surface area contributed by atoms with Crippen molar-refractivity contribution in [2.75, 3.05) is 31.2 Å². The highest BCUT2D eigenvalue weighted by Crippen LogP contribution is 2.39. The van der Waals surface area contributed by atoms with E-state index in [0.29, 0.717) is 6.54 Å². The normalized spacial score (nSPS) is 32.7. The Balaban J connectivity index is 1.99. The van der Waals surface area contributed by atoms with E-state index in [4.69, 9.17) is 0 Å². The van der Waals surface area contributed by atoms with E-state index in [1.807, 2.05) is 6.92 Å². The van der Waals surface area contributed by atoms with Gasteiger partial charge in [0, 0.05) is 31.2 Å². The first-order chi connectivity index (χ1) is 7.96. The summed E-state index contributed by atoms with van der Waals surface area (Å²) < 4.78 is 23.0. The number of rotatable bonds is 3. The maximum atomic E-state index is 11.5. The molecule has 100 valence electrons. The molecule has 2 fully saturated rings. The fourth-order valence-electron chi connectivity index (χ4n) is 3.19. The Labute approximate surface area is 104 Å². The largest absolute Gasteiger partial charge is 0.396 e. The van der Waals surface area contributed by atoms with Gasteiger partial charge < -0.3 is 5.11 Å². The van der Waals surface area contributed by atoms with Crippen LogP contribution in [0.4, 0.5) is 0 Å². The van der Waals surface area contributed by atoms with Crippen molar-refractivity contribution in [3.8, 4) is 0 Å². The number of sulfone groups is 1. The van der Waals surface area contributed by atoms with Crippen molar-refractivity contribution < 1.29 is 13.5 Å². The van der Waals surface area contributed by atoms with Gasteiger partial charge in [0.1, 0.15) is 0 Å². The van der Waals surface area contributed by atoms with Crippen LogP contribution < -0.4 is 0 Å². The zero-order chi connectivity index (χ0) is 12.5. The predicted molar refractivity (Wildman–Crippen MR) is 67.7 cm³/mol. The van der Waals surface area contributed by atoms with Crippen LogP contribution in [0.3, 0.4) is 0 Å². The van der Waals surface area contributed by atoms with E-state index in [1.54, 1.807) is 0 Å². The zero-order valence-electron chi connectivity index (χ0n) is 10.6. The predicted octanol–water partition coefficient (Wildman–Crippen LogP) is 0.658. The van der Waals surface area contributed by atoms with Crippen LogP contribution in [0.5, 0.6) is 0 Å². The Hall–Kier alpha value is -0.130. The molecule has 4 nitrogen and oxygen atoms in total. The van der Waals surface area contributed by atoms with Crippen LogP contribution in [0.2, 0.25) is 0 Å². The molecule has 17 heavy (non-hydrogen) atoms. The molecule has 1 heterocycles. The fraction of sp³-hybridized carbons (Fsp3) is 1.00. The van der Waals surface area contributed by atoms with Gasteiger partial charge in [-0.15, -0.1) is 0 Å². The van der Waals surface area contributed by atoms with Crippen LogP contribution in [-0.4, -0.2) is 55.7 Å². The Kier molecular flexibility index (Phi) is 3.80. The van der Waals surface area contributed by atoms with Crippen molar-refractivity contribution in [3.05, 3.63) is 0 Å². The first kappa shape index (κ1) is 13.3. The van der Waals surface area contributed by atoms with Crippen LogP contribution in [0, 0.1) is 5.41 Å². The molecule has 2 aliphatic rings. The molecule has 1 N–H and O–H groups in total. The monoisotopic (exact) mass is 261 g/mol. The number of hydrogen-bond donors (Lipinski definition) is 1. The second kappa shape index (κ2) is 4.86. The van der Waals surface area contributed by atoms with Gasteiger partial charge in [-0.3, -0.25) is 4.90 Å². The molecule has 0 aromatic heterocycles.